The summed E-state index contributed by atoms with van der Waals surface area (Å²) < 4.78 is 5.73. The molecule has 1 aliphatic carbocycles. The van der Waals surface area contributed by atoms with Gasteiger partial charge in [0.2, 0.25) is 0 Å². The zero-order chi connectivity index (χ0) is 11.4. The van der Waals surface area contributed by atoms with E-state index in [-0.39, 0.29) is 6.04 Å². The summed E-state index contributed by atoms with van der Waals surface area (Å²) in [6.45, 7) is 2.81. The second-order valence-corrected chi connectivity index (χ2v) is 4.59. The molecule has 2 rings (SSSR count). The van der Waals surface area contributed by atoms with Crippen LogP contribution in [0.3, 0.4) is 0 Å². The maximum atomic E-state index is 6.09. The molecule has 0 aromatic heterocycles. The van der Waals surface area contributed by atoms with Crippen LogP contribution in [0.15, 0.2) is 24.3 Å². The fraction of sp³-hybridized carbons (Fsp3) is 0.571. The molecule has 2 heteroatoms. The normalized spacial score (nSPS) is 18.1. The van der Waals surface area contributed by atoms with E-state index in [0.29, 0.717) is 12.7 Å². The van der Waals surface area contributed by atoms with E-state index >= 15 is 0 Å². The van der Waals surface area contributed by atoms with Crippen molar-refractivity contribution in [1.82, 2.24) is 0 Å². The molecule has 1 atom stereocenters. The van der Waals surface area contributed by atoms with Gasteiger partial charge < -0.3 is 10.5 Å². The Hall–Kier alpha value is -0.860. The fourth-order valence-electron chi connectivity index (χ4n) is 1.87. The average molecular weight is 219 g/mol. The van der Waals surface area contributed by atoms with Crippen molar-refractivity contribution in [3.63, 3.8) is 0 Å². The average Bonchev–Trinajstić information content (AvgIpc) is 2.27. The van der Waals surface area contributed by atoms with Crippen LogP contribution in [-0.4, -0.2) is 12.7 Å². The maximum absolute atomic E-state index is 6.09. The molecule has 0 amide bonds. The molecule has 0 aliphatic heterocycles. The van der Waals surface area contributed by atoms with Crippen LogP contribution in [0.2, 0.25) is 0 Å². The van der Waals surface area contributed by atoms with Gasteiger partial charge in [0.05, 0.1) is 18.8 Å². The minimum atomic E-state index is 0.0199. The molecule has 16 heavy (non-hydrogen) atoms. The molecule has 2 nitrogen and oxygen atoms in total. The van der Waals surface area contributed by atoms with Gasteiger partial charge >= 0.3 is 0 Å². The predicted molar refractivity (Wildman–Crippen MR) is 66.3 cm³/mol. The minimum absolute atomic E-state index is 0.0199. The first-order valence-corrected chi connectivity index (χ1v) is 6.25. The van der Waals surface area contributed by atoms with Crippen molar-refractivity contribution in [1.29, 1.82) is 0 Å². The van der Waals surface area contributed by atoms with Crippen LogP contribution < -0.4 is 5.73 Å². The lowest BCUT2D eigenvalue weighted by atomic mass is 9.96. The Bertz CT molecular complexity index is 316. The number of hydrogen-bond acceptors (Lipinski definition) is 2. The topological polar surface area (TPSA) is 35.2 Å². The molecule has 0 heterocycles. The Morgan fingerprint density at radius 2 is 2.00 bits per heavy atom. The molecule has 0 spiro atoms. The highest BCUT2D eigenvalue weighted by atomic mass is 16.5. The minimum Gasteiger partial charge on any atom is -0.376 e. The quantitative estimate of drug-likeness (QED) is 0.826. The summed E-state index contributed by atoms with van der Waals surface area (Å²) in [7, 11) is 0. The second-order valence-electron chi connectivity index (χ2n) is 4.59. The van der Waals surface area contributed by atoms with Crippen LogP contribution in [0.5, 0.6) is 0 Å². The Morgan fingerprint density at radius 1 is 1.31 bits per heavy atom. The summed E-state index contributed by atoms with van der Waals surface area (Å²) in [5.41, 5.74) is 8.62. The Kier molecular flexibility index (Phi) is 3.97. The largest absolute Gasteiger partial charge is 0.376 e. The van der Waals surface area contributed by atoms with Gasteiger partial charge in [-0.25, -0.2) is 0 Å². The van der Waals surface area contributed by atoms with Crippen molar-refractivity contribution >= 4 is 0 Å². The molecule has 1 aromatic carbocycles. The molecular formula is C14H21NO. The molecule has 0 bridgehead atoms. The smallest absolute Gasteiger partial charge is 0.0663 e. The summed E-state index contributed by atoms with van der Waals surface area (Å²) in [5, 5.41) is 0. The molecule has 88 valence electrons. The number of nitrogens with two attached hydrogens (primary N) is 1. The van der Waals surface area contributed by atoms with Crippen molar-refractivity contribution in [3.05, 3.63) is 35.4 Å². The molecule has 1 aromatic rings. The third kappa shape index (κ3) is 2.83. The molecule has 1 fully saturated rings. The monoisotopic (exact) mass is 219 g/mol. The first-order valence-electron chi connectivity index (χ1n) is 6.25. The lowest BCUT2D eigenvalue weighted by molar-refractivity contribution is -0.00445. The Labute approximate surface area is 97.8 Å². The number of hydrogen-bond donors (Lipinski definition) is 1. The van der Waals surface area contributed by atoms with Gasteiger partial charge in [0, 0.05) is 0 Å². The lowest BCUT2D eigenvalue weighted by Crippen LogP contribution is -2.26. The first kappa shape index (κ1) is 11.6. The van der Waals surface area contributed by atoms with Crippen LogP contribution >= 0.6 is 0 Å². The van der Waals surface area contributed by atoms with Crippen molar-refractivity contribution in [3.8, 4) is 0 Å². The van der Waals surface area contributed by atoms with Gasteiger partial charge in [0.15, 0.2) is 0 Å². The highest BCUT2D eigenvalue weighted by Crippen LogP contribution is 2.23. The highest BCUT2D eigenvalue weighted by molar-refractivity contribution is 5.24. The first-order chi connectivity index (χ1) is 7.79. The van der Waals surface area contributed by atoms with Crippen LogP contribution in [0.1, 0.15) is 43.4 Å². The Morgan fingerprint density at radius 3 is 2.50 bits per heavy atom. The van der Waals surface area contributed by atoms with Gasteiger partial charge in [0.25, 0.3) is 0 Å². The zero-order valence-corrected chi connectivity index (χ0v) is 9.99. The van der Waals surface area contributed by atoms with Crippen molar-refractivity contribution in [2.24, 2.45) is 5.73 Å². The zero-order valence-electron chi connectivity index (χ0n) is 9.99. The SMILES string of the molecule is CCc1ccc(C(N)COC2CCC2)cc1. The van der Waals surface area contributed by atoms with Gasteiger partial charge in [0.1, 0.15) is 0 Å². The van der Waals surface area contributed by atoms with E-state index in [0.717, 1.165) is 6.42 Å². The van der Waals surface area contributed by atoms with Crippen molar-refractivity contribution < 1.29 is 4.74 Å². The van der Waals surface area contributed by atoms with E-state index in [1.165, 1.54) is 30.4 Å². The molecule has 1 unspecified atom stereocenters. The summed E-state index contributed by atoms with van der Waals surface area (Å²) in [5.74, 6) is 0. The van der Waals surface area contributed by atoms with E-state index in [9.17, 15) is 0 Å². The Balaban J connectivity index is 1.84. The number of ether oxygens (including phenoxy) is 1. The molecule has 0 saturated heterocycles. The van der Waals surface area contributed by atoms with Crippen molar-refractivity contribution in [2.45, 2.75) is 44.8 Å². The second kappa shape index (κ2) is 5.46. The maximum Gasteiger partial charge on any atom is 0.0663 e. The molecule has 1 aliphatic rings. The van der Waals surface area contributed by atoms with Gasteiger partial charge in [-0.2, -0.15) is 0 Å². The molecule has 2 N–H and O–H groups in total. The number of rotatable bonds is 5. The third-order valence-corrected chi connectivity index (χ3v) is 3.38. The lowest BCUT2D eigenvalue weighted by Gasteiger charge is -2.27. The summed E-state index contributed by atoms with van der Waals surface area (Å²) in [4.78, 5) is 0. The predicted octanol–water partition coefficient (Wildman–Crippen LogP) is 2.82. The van der Waals surface area contributed by atoms with Crippen LogP contribution in [0.25, 0.3) is 0 Å². The van der Waals surface area contributed by atoms with E-state index < -0.39 is 0 Å². The van der Waals surface area contributed by atoms with Crippen LogP contribution in [0, 0.1) is 0 Å². The van der Waals surface area contributed by atoms with Gasteiger partial charge in [-0.1, -0.05) is 31.2 Å². The van der Waals surface area contributed by atoms with E-state index in [4.69, 9.17) is 10.5 Å². The van der Waals surface area contributed by atoms with Gasteiger partial charge in [-0.3, -0.25) is 0 Å². The van der Waals surface area contributed by atoms with E-state index in [2.05, 4.69) is 31.2 Å². The number of aryl methyl sites for hydroxylation is 1. The molecular weight excluding hydrogens is 198 g/mol. The highest BCUT2D eigenvalue weighted by Gasteiger charge is 2.19. The van der Waals surface area contributed by atoms with Crippen LogP contribution in [-0.2, 0) is 11.2 Å². The van der Waals surface area contributed by atoms with Crippen molar-refractivity contribution in [2.75, 3.05) is 6.61 Å². The standard InChI is InChI=1S/C14H21NO/c1-2-11-6-8-12(9-7-11)14(15)10-16-13-4-3-5-13/h6-9,13-14H,2-5,10,15H2,1H3. The van der Waals surface area contributed by atoms with Crippen LogP contribution in [0.4, 0.5) is 0 Å². The van der Waals surface area contributed by atoms with Gasteiger partial charge in [-0.15, -0.1) is 0 Å². The summed E-state index contributed by atoms with van der Waals surface area (Å²) in [6, 6.07) is 8.56. The summed E-state index contributed by atoms with van der Waals surface area (Å²) >= 11 is 0. The molecule has 0 radical (unpaired) electrons. The number of benzene rings is 1. The third-order valence-electron chi connectivity index (χ3n) is 3.38. The van der Waals surface area contributed by atoms with E-state index in [1.54, 1.807) is 0 Å². The summed E-state index contributed by atoms with van der Waals surface area (Å²) in [6.07, 6.45) is 5.28. The van der Waals surface area contributed by atoms with Gasteiger partial charge in [-0.05, 0) is 36.8 Å². The fourth-order valence-corrected chi connectivity index (χ4v) is 1.87. The molecule has 1 saturated carbocycles. The van der Waals surface area contributed by atoms with E-state index in [1.807, 2.05) is 0 Å².